The number of rotatable bonds is 7. The maximum Gasteiger partial charge on any atom is 0.191 e. The van der Waals surface area contributed by atoms with E-state index in [1.54, 1.807) is 0 Å². The Morgan fingerprint density at radius 1 is 1.35 bits per heavy atom. The van der Waals surface area contributed by atoms with Crippen LogP contribution in [0.5, 0.6) is 0 Å². The lowest BCUT2D eigenvalue weighted by Gasteiger charge is -2.38. The van der Waals surface area contributed by atoms with Gasteiger partial charge >= 0.3 is 0 Å². The molecular weight excluding hydrogens is 441 g/mol. The second-order valence-corrected chi connectivity index (χ2v) is 7.38. The summed E-state index contributed by atoms with van der Waals surface area (Å²) in [5.74, 6) is 2.01. The van der Waals surface area contributed by atoms with Gasteiger partial charge in [-0.15, -0.1) is 24.0 Å². The summed E-state index contributed by atoms with van der Waals surface area (Å²) in [5, 5.41) is 10.9. The molecule has 2 heterocycles. The standard InChI is InChI=1S/C19H35N5O.HI/c1-6-20-19(22-13-17-11-18(14(2)3)23-25-17)21-12-16(5)24-10-8-7-9-15(24)4;/h11,14-16H,6-10,12-13H2,1-5H3,(H2,20,21,22);1H. The first kappa shape index (κ1) is 23.2. The molecular formula is C19H36IN5O. The molecule has 0 aromatic carbocycles. The van der Waals surface area contributed by atoms with Crippen LogP contribution >= 0.6 is 24.0 Å². The number of nitrogens with one attached hydrogen (secondary N) is 2. The van der Waals surface area contributed by atoms with Crippen molar-refractivity contribution in [2.24, 2.45) is 4.99 Å². The van der Waals surface area contributed by atoms with Gasteiger partial charge in [-0.05, 0) is 46.1 Å². The molecule has 2 unspecified atom stereocenters. The fourth-order valence-corrected chi connectivity index (χ4v) is 3.31. The zero-order valence-electron chi connectivity index (χ0n) is 16.9. The van der Waals surface area contributed by atoms with Gasteiger partial charge in [-0.1, -0.05) is 25.4 Å². The van der Waals surface area contributed by atoms with Gasteiger partial charge in [-0.3, -0.25) is 4.90 Å². The Labute approximate surface area is 175 Å². The van der Waals surface area contributed by atoms with E-state index in [1.165, 1.54) is 25.8 Å². The van der Waals surface area contributed by atoms with Crippen molar-refractivity contribution in [3.63, 3.8) is 0 Å². The van der Waals surface area contributed by atoms with E-state index >= 15 is 0 Å². The predicted molar refractivity (Wildman–Crippen MR) is 118 cm³/mol. The van der Waals surface area contributed by atoms with Gasteiger partial charge in [0.05, 0.1) is 5.69 Å². The van der Waals surface area contributed by atoms with Crippen LogP contribution in [0.25, 0.3) is 0 Å². The average Bonchev–Trinajstić information content (AvgIpc) is 3.07. The molecule has 0 bridgehead atoms. The lowest BCUT2D eigenvalue weighted by Crippen LogP contribution is -2.50. The van der Waals surface area contributed by atoms with Gasteiger partial charge in [-0.2, -0.15) is 0 Å². The van der Waals surface area contributed by atoms with E-state index in [9.17, 15) is 0 Å². The van der Waals surface area contributed by atoms with Crippen LogP contribution in [-0.4, -0.2) is 47.7 Å². The molecule has 150 valence electrons. The molecule has 6 nitrogen and oxygen atoms in total. The molecule has 2 N–H and O–H groups in total. The fraction of sp³-hybridized carbons (Fsp3) is 0.789. The summed E-state index contributed by atoms with van der Waals surface area (Å²) < 4.78 is 5.37. The molecule has 0 aliphatic carbocycles. The van der Waals surface area contributed by atoms with Crippen LogP contribution < -0.4 is 10.6 Å². The van der Waals surface area contributed by atoms with Crippen molar-refractivity contribution in [1.29, 1.82) is 0 Å². The maximum absolute atomic E-state index is 5.37. The number of hydrogen-bond acceptors (Lipinski definition) is 4. The third-order valence-corrected chi connectivity index (χ3v) is 4.89. The van der Waals surface area contributed by atoms with Gasteiger partial charge in [0.15, 0.2) is 11.7 Å². The number of guanidine groups is 1. The number of likely N-dealkylation sites (tertiary alicyclic amines) is 1. The Hall–Kier alpha value is -0.830. The molecule has 2 rings (SSSR count). The molecule has 0 radical (unpaired) electrons. The molecule has 2 atom stereocenters. The van der Waals surface area contributed by atoms with Gasteiger partial charge in [-0.25, -0.2) is 4.99 Å². The summed E-state index contributed by atoms with van der Waals surface area (Å²) in [6, 6.07) is 3.17. The van der Waals surface area contributed by atoms with Crippen molar-refractivity contribution in [3.05, 3.63) is 17.5 Å². The maximum atomic E-state index is 5.37. The van der Waals surface area contributed by atoms with Crippen molar-refractivity contribution in [3.8, 4) is 0 Å². The Bertz CT molecular complexity index is 546. The molecule has 1 aromatic rings. The molecule has 0 spiro atoms. The highest BCUT2D eigenvalue weighted by molar-refractivity contribution is 14.0. The highest BCUT2D eigenvalue weighted by atomic mass is 127. The highest BCUT2D eigenvalue weighted by Gasteiger charge is 2.23. The monoisotopic (exact) mass is 477 g/mol. The minimum Gasteiger partial charge on any atom is -0.359 e. The van der Waals surface area contributed by atoms with E-state index in [0.29, 0.717) is 24.5 Å². The smallest absolute Gasteiger partial charge is 0.191 e. The first-order valence-corrected chi connectivity index (χ1v) is 9.74. The summed E-state index contributed by atoms with van der Waals surface area (Å²) in [6.07, 6.45) is 3.98. The molecule has 0 saturated carbocycles. The Balaban J connectivity index is 0.00000338. The summed E-state index contributed by atoms with van der Waals surface area (Å²) >= 11 is 0. The van der Waals surface area contributed by atoms with Crippen LogP contribution in [0.2, 0.25) is 0 Å². The first-order chi connectivity index (χ1) is 12.0. The number of aliphatic imine (C=N–C) groups is 1. The number of piperidine rings is 1. The largest absolute Gasteiger partial charge is 0.359 e. The number of hydrogen-bond donors (Lipinski definition) is 2. The molecule has 1 fully saturated rings. The Morgan fingerprint density at radius 3 is 2.73 bits per heavy atom. The van der Waals surface area contributed by atoms with Crippen molar-refractivity contribution in [2.45, 2.75) is 78.4 Å². The number of halogens is 1. The molecule has 7 heteroatoms. The SMILES string of the molecule is CCNC(=NCc1cc(C(C)C)no1)NCC(C)N1CCCCC1C.I. The van der Waals surface area contributed by atoms with E-state index in [1.807, 2.05) is 6.07 Å². The van der Waals surface area contributed by atoms with Crippen LogP contribution in [0.1, 0.15) is 71.3 Å². The van der Waals surface area contributed by atoms with E-state index in [4.69, 9.17) is 4.52 Å². The van der Waals surface area contributed by atoms with Crippen molar-refractivity contribution in [1.82, 2.24) is 20.7 Å². The van der Waals surface area contributed by atoms with Gasteiger partial charge in [0.1, 0.15) is 6.54 Å². The second kappa shape index (κ2) is 11.8. The van der Waals surface area contributed by atoms with E-state index in [0.717, 1.165) is 30.5 Å². The van der Waals surface area contributed by atoms with Gasteiger partial charge < -0.3 is 15.2 Å². The molecule has 26 heavy (non-hydrogen) atoms. The zero-order valence-corrected chi connectivity index (χ0v) is 19.2. The van der Waals surface area contributed by atoms with Crippen LogP contribution in [0.4, 0.5) is 0 Å². The number of nitrogens with zero attached hydrogens (tertiary/aromatic N) is 3. The Morgan fingerprint density at radius 2 is 2.12 bits per heavy atom. The van der Waals surface area contributed by atoms with Gasteiger partial charge in [0.2, 0.25) is 0 Å². The zero-order chi connectivity index (χ0) is 18.2. The summed E-state index contributed by atoms with van der Waals surface area (Å²) in [7, 11) is 0. The molecule has 1 aliphatic rings. The van der Waals surface area contributed by atoms with Crippen LogP contribution in [0.15, 0.2) is 15.6 Å². The van der Waals surface area contributed by atoms with Crippen LogP contribution in [-0.2, 0) is 6.54 Å². The minimum atomic E-state index is 0. The molecule has 1 saturated heterocycles. The lowest BCUT2D eigenvalue weighted by molar-refractivity contribution is 0.115. The summed E-state index contributed by atoms with van der Waals surface area (Å²) in [5.41, 5.74) is 0.982. The third-order valence-electron chi connectivity index (χ3n) is 4.89. The third kappa shape index (κ3) is 7.06. The lowest BCUT2D eigenvalue weighted by atomic mass is 10.0. The minimum absolute atomic E-state index is 0. The van der Waals surface area contributed by atoms with Crippen LogP contribution in [0, 0.1) is 0 Å². The summed E-state index contributed by atoms with van der Waals surface area (Å²) in [6.45, 7) is 14.4. The van der Waals surface area contributed by atoms with Crippen LogP contribution in [0.3, 0.4) is 0 Å². The van der Waals surface area contributed by atoms with E-state index < -0.39 is 0 Å². The van der Waals surface area contributed by atoms with Crippen molar-refractivity contribution < 1.29 is 4.52 Å². The van der Waals surface area contributed by atoms with E-state index in [-0.39, 0.29) is 24.0 Å². The van der Waals surface area contributed by atoms with Gasteiger partial charge in [0.25, 0.3) is 0 Å². The van der Waals surface area contributed by atoms with Gasteiger partial charge in [0, 0.05) is 31.2 Å². The quantitative estimate of drug-likeness (QED) is 0.356. The van der Waals surface area contributed by atoms with Crippen molar-refractivity contribution >= 4 is 29.9 Å². The summed E-state index contributed by atoms with van der Waals surface area (Å²) in [4.78, 5) is 7.24. The van der Waals surface area contributed by atoms with E-state index in [2.05, 4.69) is 60.3 Å². The molecule has 1 aliphatic heterocycles. The highest BCUT2D eigenvalue weighted by Crippen LogP contribution is 2.18. The van der Waals surface area contributed by atoms with Crippen molar-refractivity contribution in [2.75, 3.05) is 19.6 Å². The normalized spacial score (nSPS) is 19.9. The second-order valence-electron chi connectivity index (χ2n) is 7.38. The fourth-order valence-electron chi connectivity index (χ4n) is 3.31. The molecule has 0 amide bonds. The predicted octanol–water partition coefficient (Wildman–Crippen LogP) is 3.73. The topological polar surface area (TPSA) is 65.7 Å². The average molecular weight is 477 g/mol. The Kier molecular flexibility index (Phi) is 10.5. The number of aromatic nitrogens is 1. The molecule has 1 aromatic heterocycles. The first-order valence-electron chi connectivity index (χ1n) is 9.74.